The van der Waals surface area contributed by atoms with Gasteiger partial charge in [0.05, 0.1) is 11.6 Å². The van der Waals surface area contributed by atoms with Crippen LogP contribution in [-0.4, -0.2) is 32.0 Å². The summed E-state index contributed by atoms with van der Waals surface area (Å²) in [6.07, 6.45) is 2.99. The Kier molecular flexibility index (Phi) is 7.06. The Morgan fingerprint density at radius 2 is 1.75 bits per heavy atom. The smallest absolute Gasteiger partial charge is 0.301 e. The second-order valence-corrected chi connectivity index (χ2v) is 10.8. The fraction of sp³-hybridized carbons (Fsp3) is 0.0800. The number of aromatic nitrogens is 3. The predicted molar refractivity (Wildman–Crippen MR) is 141 cm³/mol. The molecule has 0 saturated carbocycles. The predicted octanol–water partition coefficient (Wildman–Crippen LogP) is 6.16. The van der Waals surface area contributed by atoms with Gasteiger partial charge in [-0.15, -0.1) is 10.2 Å². The number of ketones is 1. The molecule has 7 nitrogen and oxygen atoms in total. The highest BCUT2D eigenvalue weighted by Gasteiger charge is 2.48. The first kappa shape index (κ1) is 24.5. The van der Waals surface area contributed by atoms with E-state index in [1.54, 1.807) is 36.4 Å². The number of aliphatic hydroxyl groups is 1. The fourth-order valence-electron chi connectivity index (χ4n) is 3.77. The molecule has 0 radical (unpaired) electrons. The number of nitrogens with zero attached hydrogens (tertiary/aromatic N) is 4. The molecule has 0 aliphatic carbocycles. The first-order valence-electron chi connectivity index (χ1n) is 10.6. The number of amides is 1. The van der Waals surface area contributed by atoms with Crippen LogP contribution in [0, 0.1) is 0 Å². The van der Waals surface area contributed by atoms with Gasteiger partial charge in [0.25, 0.3) is 5.78 Å². The number of hydrogen-bond acceptors (Lipinski definition) is 8. The van der Waals surface area contributed by atoms with Crippen molar-refractivity contribution in [1.82, 2.24) is 15.2 Å². The number of pyridine rings is 1. The average Bonchev–Trinajstić information content (AvgIpc) is 3.46. The van der Waals surface area contributed by atoms with E-state index in [2.05, 4.69) is 15.2 Å². The zero-order valence-corrected chi connectivity index (χ0v) is 21.5. The summed E-state index contributed by atoms with van der Waals surface area (Å²) in [6, 6.07) is 16.5. The maximum absolute atomic E-state index is 13.2. The van der Waals surface area contributed by atoms with Gasteiger partial charge in [-0.05, 0) is 47.5 Å². The average molecular weight is 555 g/mol. The fourth-order valence-corrected chi connectivity index (χ4v) is 5.92. The second kappa shape index (κ2) is 10.4. The number of hydrogen-bond donors (Lipinski definition) is 1. The van der Waals surface area contributed by atoms with E-state index in [1.165, 1.54) is 40.4 Å². The quantitative estimate of drug-likeness (QED) is 0.100. The zero-order chi connectivity index (χ0) is 25.2. The zero-order valence-electron chi connectivity index (χ0n) is 18.3. The summed E-state index contributed by atoms with van der Waals surface area (Å²) < 4.78 is 0.626. The van der Waals surface area contributed by atoms with Crippen LogP contribution in [0.5, 0.6) is 0 Å². The minimum atomic E-state index is -0.932. The van der Waals surface area contributed by atoms with E-state index in [9.17, 15) is 14.7 Å². The van der Waals surface area contributed by atoms with Crippen LogP contribution >= 0.6 is 46.3 Å². The van der Waals surface area contributed by atoms with Crippen LogP contribution in [0.2, 0.25) is 10.0 Å². The summed E-state index contributed by atoms with van der Waals surface area (Å²) in [5.74, 6) is -1.30. The number of benzene rings is 2. The highest BCUT2D eigenvalue weighted by atomic mass is 35.5. The molecule has 0 bridgehead atoms. The van der Waals surface area contributed by atoms with Crippen LogP contribution in [0.25, 0.3) is 5.76 Å². The lowest BCUT2D eigenvalue weighted by Gasteiger charge is -2.22. The van der Waals surface area contributed by atoms with Gasteiger partial charge in [0.15, 0.2) is 4.34 Å². The number of Topliss-reactive ketones (excluding diaryl/α,β-unsaturated/α-hetero) is 1. The van der Waals surface area contributed by atoms with E-state index in [1.807, 2.05) is 24.3 Å². The molecule has 1 amide bonds. The van der Waals surface area contributed by atoms with Crippen LogP contribution in [0.15, 0.2) is 83.0 Å². The van der Waals surface area contributed by atoms with E-state index in [-0.39, 0.29) is 16.5 Å². The molecule has 1 aliphatic rings. The molecule has 0 spiro atoms. The topological polar surface area (TPSA) is 96.3 Å². The van der Waals surface area contributed by atoms with Crippen LogP contribution in [-0.2, 0) is 15.3 Å². The van der Waals surface area contributed by atoms with Gasteiger partial charge in [0, 0.05) is 33.8 Å². The van der Waals surface area contributed by atoms with E-state index < -0.39 is 17.7 Å². The van der Waals surface area contributed by atoms with Crippen molar-refractivity contribution in [3.05, 3.63) is 105 Å². The van der Waals surface area contributed by atoms with E-state index in [0.29, 0.717) is 31.3 Å². The van der Waals surface area contributed by atoms with Crippen LogP contribution in [0.1, 0.15) is 22.7 Å². The Morgan fingerprint density at radius 3 is 2.47 bits per heavy atom. The lowest BCUT2D eigenvalue weighted by Crippen LogP contribution is -2.29. The van der Waals surface area contributed by atoms with Gasteiger partial charge >= 0.3 is 5.91 Å². The van der Waals surface area contributed by atoms with Crippen molar-refractivity contribution < 1.29 is 14.7 Å². The standard InChI is InChI=1S/C25H16Cl2N4O3S2/c26-17-6-4-14(5-7-17)13-35-25-30-29-24(36-25)31-20(16-2-1-3-18(27)12-16)19(22(33)23(31)34)21(32)15-8-10-28-11-9-15/h1-12,20,32H,13H2/b21-19+. The van der Waals surface area contributed by atoms with Gasteiger partial charge in [-0.2, -0.15) is 0 Å². The lowest BCUT2D eigenvalue weighted by molar-refractivity contribution is -0.132. The number of rotatable bonds is 6. The van der Waals surface area contributed by atoms with Crippen molar-refractivity contribution in [2.45, 2.75) is 16.1 Å². The molecule has 1 atom stereocenters. The Balaban J connectivity index is 1.53. The highest BCUT2D eigenvalue weighted by molar-refractivity contribution is 8.00. The van der Waals surface area contributed by atoms with Crippen molar-refractivity contribution in [3.63, 3.8) is 0 Å². The van der Waals surface area contributed by atoms with Gasteiger partial charge in [-0.3, -0.25) is 19.5 Å². The number of carbonyl (C=O) groups is 2. The van der Waals surface area contributed by atoms with Crippen molar-refractivity contribution in [1.29, 1.82) is 0 Å². The molecule has 11 heteroatoms. The first-order chi connectivity index (χ1) is 17.4. The minimum Gasteiger partial charge on any atom is -0.507 e. The van der Waals surface area contributed by atoms with Gasteiger partial charge < -0.3 is 5.11 Å². The van der Waals surface area contributed by atoms with Gasteiger partial charge in [-0.1, -0.05) is 70.6 Å². The third-order valence-electron chi connectivity index (χ3n) is 5.44. The van der Waals surface area contributed by atoms with Crippen LogP contribution in [0.3, 0.4) is 0 Å². The Bertz CT molecular complexity index is 1480. The Labute approximate surface area is 224 Å². The summed E-state index contributed by atoms with van der Waals surface area (Å²) in [5.41, 5.74) is 1.92. The molecule has 36 heavy (non-hydrogen) atoms. The Hall–Kier alpha value is -3.24. The molecule has 5 rings (SSSR count). The summed E-state index contributed by atoms with van der Waals surface area (Å²) in [4.78, 5) is 31.7. The molecule has 1 N–H and O–H groups in total. The molecule has 2 aromatic heterocycles. The molecule has 180 valence electrons. The largest absolute Gasteiger partial charge is 0.507 e. The number of carbonyl (C=O) groups excluding carboxylic acids is 2. The third-order valence-corrected chi connectivity index (χ3v) is 8.05. The summed E-state index contributed by atoms with van der Waals surface area (Å²) >= 11 is 14.8. The van der Waals surface area contributed by atoms with Crippen molar-refractivity contribution in [2.75, 3.05) is 4.90 Å². The van der Waals surface area contributed by atoms with Crippen LogP contribution < -0.4 is 4.90 Å². The maximum atomic E-state index is 13.2. The van der Waals surface area contributed by atoms with Crippen molar-refractivity contribution in [3.8, 4) is 0 Å². The molecule has 3 heterocycles. The van der Waals surface area contributed by atoms with Crippen molar-refractivity contribution >= 4 is 68.9 Å². The number of aliphatic hydroxyl groups excluding tert-OH is 1. The number of halogens is 2. The number of thioether (sulfide) groups is 1. The molecule has 1 unspecified atom stereocenters. The van der Waals surface area contributed by atoms with Gasteiger partial charge in [0.1, 0.15) is 5.76 Å². The Morgan fingerprint density at radius 1 is 1.00 bits per heavy atom. The molecule has 1 fully saturated rings. The summed E-state index contributed by atoms with van der Waals surface area (Å²) in [5, 5.41) is 20.8. The highest BCUT2D eigenvalue weighted by Crippen LogP contribution is 2.44. The molecular formula is C25H16Cl2N4O3S2. The molecule has 1 saturated heterocycles. The molecule has 2 aromatic carbocycles. The van der Waals surface area contributed by atoms with E-state index in [0.717, 1.165) is 5.56 Å². The van der Waals surface area contributed by atoms with Gasteiger partial charge in [-0.25, -0.2) is 0 Å². The monoisotopic (exact) mass is 554 g/mol. The van der Waals surface area contributed by atoms with Gasteiger partial charge in [0.2, 0.25) is 5.13 Å². The van der Waals surface area contributed by atoms with Crippen LogP contribution in [0.4, 0.5) is 5.13 Å². The normalized spacial score (nSPS) is 17.1. The second-order valence-electron chi connectivity index (χ2n) is 7.73. The summed E-state index contributed by atoms with van der Waals surface area (Å²) in [7, 11) is 0. The molecular weight excluding hydrogens is 539 g/mol. The SMILES string of the molecule is O=C1C(=O)N(c2nnc(SCc3ccc(Cl)cc3)s2)C(c2cccc(Cl)c2)/C1=C(\O)c1ccncc1. The van der Waals surface area contributed by atoms with Crippen molar-refractivity contribution in [2.24, 2.45) is 0 Å². The summed E-state index contributed by atoms with van der Waals surface area (Å²) in [6.45, 7) is 0. The van der Waals surface area contributed by atoms with E-state index in [4.69, 9.17) is 23.2 Å². The minimum absolute atomic E-state index is 0.0565. The first-order valence-corrected chi connectivity index (χ1v) is 13.2. The van der Waals surface area contributed by atoms with E-state index >= 15 is 0 Å². The third kappa shape index (κ3) is 4.87. The lowest BCUT2D eigenvalue weighted by atomic mass is 9.96. The molecule has 1 aliphatic heterocycles. The number of anilines is 1. The molecule has 4 aromatic rings. The maximum Gasteiger partial charge on any atom is 0.301 e.